The van der Waals surface area contributed by atoms with E-state index in [0.29, 0.717) is 41.4 Å². The van der Waals surface area contributed by atoms with Gasteiger partial charge in [0.2, 0.25) is 0 Å². The summed E-state index contributed by atoms with van der Waals surface area (Å²) >= 11 is 0. The standard InChI is InChI=1S/C14H18N6O2.C5H8N2.C2H6/c1-8-3-2-4-20(7-8)14(22)13(21)18-10-6-16-12(15)9-5-17-19-11(9)10;1-5-3-4-7(2)6-5;1-2/h5-6,8H,2-4,7H2,1H3,(H2,15,16)(H,17,19)(H,18,21);3-4H,1-2H3;1-2H3. The normalized spacial score (nSPS) is 15.4. The Hall–Kier alpha value is -3.43. The van der Waals surface area contributed by atoms with Gasteiger partial charge in [-0.05, 0) is 31.7 Å². The second-order valence-corrected chi connectivity index (χ2v) is 7.30. The van der Waals surface area contributed by atoms with Crippen LogP contribution in [0.1, 0.15) is 39.3 Å². The number of hydrogen-bond donors (Lipinski definition) is 3. The molecule has 4 heterocycles. The third kappa shape index (κ3) is 6.27. The van der Waals surface area contributed by atoms with Gasteiger partial charge in [-0.2, -0.15) is 10.2 Å². The number of nitrogens with two attached hydrogens (primary N) is 1. The number of carbonyl (C=O) groups is 2. The number of aromatic amines is 1. The predicted molar refractivity (Wildman–Crippen MR) is 121 cm³/mol. The van der Waals surface area contributed by atoms with Gasteiger partial charge in [0, 0.05) is 26.3 Å². The number of pyridine rings is 1. The highest BCUT2D eigenvalue weighted by Gasteiger charge is 2.26. The number of nitrogen functional groups attached to an aromatic ring is 1. The zero-order valence-electron chi connectivity index (χ0n) is 18.8. The monoisotopic (exact) mass is 428 g/mol. The Kier molecular flexibility index (Phi) is 8.53. The molecule has 0 saturated carbocycles. The van der Waals surface area contributed by atoms with Gasteiger partial charge >= 0.3 is 11.8 Å². The zero-order valence-corrected chi connectivity index (χ0v) is 18.8. The maximum atomic E-state index is 12.2. The van der Waals surface area contributed by atoms with Crippen molar-refractivity contribution in [1.82, 2.24) is 29.9 Å². The highest BCUT2D eigenvalue weighted by atomic mass is 16.2. The van der Waals surface area contributed by atoms with Crippen molar-refractivity contribution in [3.05, 3.63) is 30.4 Å². The summed E-state index contributed by atoms with van der Waals surface area (Å²) in [6.07, 6.45) is 6.88. The Labute approximate surface area is 182 Å². The molecule has 168 valence electrons. The number of rotatable bonds is 1. The van der Waals surface area contributed by atoms with Crippen LogP contribution in [-0.2, 0) is 16.6 Å². The van der Waals surface area contributed by atoms with Gasteiger partial charge < -0.3 is 16.0 Å². The summed E-state index contributed by atoms with van der Waals surface area (Å²) < 4.78 is 1.79. The summed E-state index contributed by atoms with van der Waals surface area (Å²) in [5, 5.41) is 13.9. The van der Waals surface area contributed by atoms with Crippen molar-refractivity contribution >= 4 is 34.2 Å². The van der Waals surface area contributed by atoms with Gasteiger partial charge in [-0.15, -0.1) is 0 Å². The topological polar surface area (TPSA) is 135 Å². The second kappa shape index (κ2) is 11.1. The number of amides is 2. The Morgan fingerprint density at radius 1 is 1.29 bits per heavy atom. The fourth-order valence-electron chi connectivity index (χ4n) is 3.27. The summed E-state index contributed by atoms with van der Waals surface area (Å²) in [5.74, 6) is -0.450. The molecule has 0 aliphatic carbocycles. The maximum Gasteiger partial charge on any atom is 0.314 e. The van der Waals surface area contributed by atoms with Crippen LogP contribution in [0, 0.1) is 12.8 Å². The number of fused-ring (bicyclic) bond motifs is 1. The van der Waals surface area contributed by atoms with Crippen LogP contribution in [0.2, 0.25) is 0 Å². The van der Waals surface area contributed by atoms with Gasteiger partial charge in [0.15, 0.2) is 0 Å². The van der Waals surface area contributed by atoms with E-state index in [-0.39, 0.29) is 0 Å². The summed E-state index contributed by atoms with van der Waals surface area (Å²) in [5.41, 5.74) is 7.75. The third-order valence-corrected chi connectivity index (χ3v) is 4.75. The zero-order chi connectivity index (χ0) is 23.0. The van der Waals surface area contributed by atoms with Crippen LogP contribution in [0.15, 0.2) is 24.7 Å². The molecular formula is C21H32N8O2. The first-order valence-electron chi connectivity index (χ1n) is 10.5. The first kappa shape index (κ1) is 23.8. The first-order chi connectivity index (χ1) is 14.8. The lowest BCUT2D eigenvalue weighted by Crippen LogP contribution is -2.44. The molecule has 0 aromatic carbocycles. The molecule has 2 amide bonds. The van der Waals surface area contributed by atoms with Crippen molar-refractivity contribution < 1.29 is 9.59 Å². The van der Waals surface area contributed by atoms with Crippen LogP contribution in [-0.4, -0.2) is 54.8 Å². The van der Waals surface area contributed by atoms with Gasteiger partial charge in [-0.1, -0.05) is 20.8 Å². The number of nitrogens with one attached hydrogen (secondary N) is 2. The molecule has 3 aromatic rings. The van der Waals surface area contributed by atoms with Crippen LogP contribution in [0.25, 0.3) is 10.9 Å². The second-order valence-electron chi connectivity index (χ2n) is 7.30. The Bertz CT molecular complexity index is 993. The highest BCUT2D eigenvalue weighted by molar-refractivity contribution is 6.40. The fraction of sp³-hybridized carbons (Fsp3) is 0.476. The van der Waals surface area contributed by atoms with Crippen molar-refractivity contribution in [2.75, 3.05) is 24.1 Å². The van der Waals surface area contributed by atoms with Gasteiger partial charge in [0.1, 0.15) is 5.82 Å². The predicted octanol–water partition coefficient (Wildman–Crippen LogP) is 2.49. The summed E-state index contributed by atoms with van der Waals surface area (Å²) in [4.78, 5) is 30.0. The SMILES string of the molecule is CC.CC1CCCN(C(=O)C(=O)Nc2cnc(N)c3cn[nH]c23)C1.Cc1ccn(C)n1. The molecular weight excluding hydrogens is 396 g/mol. The average molecular weight is 429 g/mol. The lowest BCUT2D eigenvalue weighted by Gasteiger charge is -2.30. The number of carbonyl (C=O) groups excluding carboxylic acids is 2. The number of hydrogen-bond acceptors (Lipinski definition) is 6. The van der Waals surface area contributed by atoms with Gasteiger partial charge in [-0.3, -0.25) is 19.4 Å². The van der Waals surface area contributed by atoms with E-state index >= 15 is 0 Å². The van der Waals surface area contributed by atoms with Crippen molar-refractivity contribution in [1.29, 1.82) is 0 Å². The third-order valence-electron chi connectivity index (χ3n) is 4.75. The molecule has 1 fully saturated rings. The van der Waals surface area contributed by atoms with E-state index in [0.717, 1.165) is 18.5 Å². The van der Waals surface area contributed by atoms with E-state index in [9.17, 15) is 9.59 Å². The number of anilines is 2. The largest absolute Gasteiger partial charge is 0.383 e. The Morgan fingerprint density at radius 3 is 2.61 bits per heavy atom. The molecule has 1 atom stereocenters. The van der Waals surface area contributed by atoms with Crippen LogP contribution < -0.4 is 11.1 Å². The Balaban J connectivity index is 0.000000319. The van der Waals surface area contributed by atoms with Crippen molar-refractivity contribution in [2.24, 2.45) is 13.0 Å². The van der Waals surface area contributed by atoms with Gasteiger partial charge in [0.05, 0.1) is 34.7 Å². The van der Waals surface area contributed by atoms with Crippen molar-refractivity contribution in [3.8, 4) is 0 Å². The number of likely N-dealkylation sites (tertiary alicyclic amines) is 1. The minimum atomic E-state index is -0.670. The van der Waals surface area contributed by atoms with E-state index in [1.165, 1.54) is 12.4 Å². The smallest absolute Gasteiger partial charge is 0.314 e. The first-order valence-corrected chi connectivity index (χ1v) is 10.5. The van der Waals surface area contributed by atoms with E-state index in [4.69, 9.17) is 5.73 Å². The quantitative estimate of drug-likeness (QED) is 0.510. The number of H-pyrrole nitrogens is 1. The van der Waals surface area contributed by atoms with Crippen LogP contribution in [0.3, 0.4) is 0 Å². The van der Waals surface area contributed by atoms with E-state index in [1.54, 1.807) is 9.58 Å². The fourth-order valence-corrected chi connectivity index (χ4v) is 3.27. The lowest BCUT2D eigenvalue weighted by molar-refractivity contribution is -0.144. The van der Waals surface area contributed by atoms with E-state index in [2.05, 4.69) is 32.5 Å². The minimum absolute atomic E-state index is 0.318. The molecule has 1 aliphatic rings. The molecule has 1 saturated heterocycles. The molecule has 10 heteroatoms. The number of nitrogens with zero attached hydrogens (tertiary/aromatic N) is 5. The van der Waals surface area contributed by atoms with Crippen molar-refractivity contribution in [3.63, 3.8) is 0 Å². The minimum Gasteiger partial charge on any atom is -0.383 e. The average Bonchev–Trinajstić information content (AvgIpc) is 3.41. The number of aromatic nitrogens is 5. The van der Waals surface area contributed by atoms with Crippen molar-refractivity contribution in [2.45, 2.75) is 40.5 Å². The van der Waals surface area contributed by atoms with Gasteiger partial charge in [0.25, 0.3) is 0 Å². The molecule has 4 rings (SSSR count). The number of piperidine rings is 1. The summed E-state index contributed by atoms with van der Waals surface area (Å²) in [6.45, 7) is 9.29. The molecule has 4 N–H and O–H groups in total. The molecule has 3 aromatic heterocycles. The molecule has 0 bridgehead atoms. The van der Waals surface area contributed by atoms with Crippen LogP contribution in [0.5, 0.6) is 0 Å². The Morgan fingerprint density at radius 2 is 2.03 bits per heavy atom. The number of aryl methyl sites for hydroxylation is 2. The molecule has 1 unspecified atom stereocenters. The highest BCUT2D eigenvalue weighted by Crippen LogP contribution is 2.24. The molecule has 0 radical (unpaired) electrons. The summed E-state index contributed by atoms with van der Waals surface area (Å²) in [7, 11) is 1.91. The van der Waals surface area contributed by atoms with E-state index < -0.39 is 11.8 Å². The maximum absolute atomic E-state index is 12.2. The van der Waals surface area contributed by atoms with Crippen LogP contribution >= 0.6 is 0 Å². The molecule has 1 aliphatic heterocycles. The molecule has 0 spiro atoms. The van der Waals surface area contributed by atoms with Gasteiger partial charge in [-0.25, -0.2) is 4.98 Å². The lowest BCUT2D eigenvalue weighted by atomic mass is 10.0. The van der Waals surface area contributed by atoms with Crippen LogP contribution in [0.4, 0.5) is 11.5 Å². The van der Waals surface area contributed by atoms with E-state index in [1.807, 2.05) is 40.1 Å². The molecule has 10 nitrogen and oxygen atoms in total. The summed E-state index contributed by atoms with van der Waals surface area (Å²) in [6, 6.07) is 1.97. The molecule has 31 heavy (non-hydrogen) atoms.